The second-order valence-electron chi connectivity index (χ2n) is 5.07. The average Bonchev–Trinajstić information content (AvgIpc) is 3.39. The van der Waals surface area contributed by atoms with Gasteiger partial charge in [-0.25, -0.2) is 9.97 Å². The van der Waals surface area contributed by atoms with E-state index in [0.717, 1.165) is 0 Å². The summed E-state index contributed by atoms with van der Waals surface area (Å²) in [5, 5.41) is 20.4. The Labute approximate surface area is 165 Å². The van der Waals surface area contributed by atoms with Gasteiger partial charge in [0.15, 0.2) is 12.8 Å². The van der Waals surface area contributed by atoms with Gasteiger partial charge in [0.2, 0.25) is 0 Å². The lowest BCUT2D eigenvalue weighted by Gasteiger charge is -2.07. The van der Waals surface area contributed by atoms with Crippen molar-refractivity contribution in [3.8, 4) is 11.5 Å². The van der Waals surface area contributed by atoms with E-state index in [1.165, 1.54) is 37.4 Å². The summed E-state index contributed by atoms with van der Waals surface area (Å²) in [6.07, 6.45) is 9.32. The molecular formula is C19H16Cl2N2O4. The zero-order valence-electron chi connectivity index (χ0n) is 14.0. The summed E-state index contributed by atoms with van der Waals surface area (Å²) in [6, 6.07) is 9.60. The van der Waals surface area contributed by atoms with Crippen molar-refractivity contribution in [1.29, 1.82) is 0 Å². The van der Waals surface area contributed by atoms with E-state index in [9.17, 15) is 10.2 Å². The Kier molecular flexibility index (Phi) is 8.22. The zero-order chi connectivity index (χ0) is 19.5. The Bertz CT molecular complexity index is 803. The lowest BCUT2D eigenvalue weighted by atomic mass is 10.0. The van der Waals surface area contributed by atoms with Crippen LogP contribution in [0.2, 0.25) is 10.0 Å². The van der Waals surface area contributed by atoms with Gasteiger partial charge in [-0.15, -0.1) is 0 Å². The van der Waals surface area contributed by atoms with E-state index in [0.29, 0.717) is 27.6 Å². The van der Waals surface area contributed by atoms with E-state index < -0.39 is 0 Å². The fraction of sp³-hybridized carbons (Fsp3) is 0.0526. The maximum absolute atomic E-state index is 9.68. The Hall–Kier alpha value is -2.96. The molecule has 2 N–H and O–H groups in total. The molecule has 4 rings (SSSR count). The lowest BCUT2D eigenvalue weighted by molar-refractivity contribution is 0.463. The van der Waals surface area contributed by atoms with Gasteiger partial charge in [0, 0.05) is 16.5 Å². The highest BCUT2D eigenvalue weighted by molar-refractivity contribution is 6.31. The van der Waals surface area contributed by atoms with Crippen molar-refractivity contribution in [2.24, 2.45) is 0 Å². The van der Waals surface area contributed by atoms with Crippen LogP contribution < -0.4 is 0 Å². The van der Waals surface area contributed by atoms with Crippen LogP contribution in [0.3, 0.4) is 0 Å². The number of halogens is 2. The minimum absolute atomic E-state index is 0.147. The smallest absolute Gasteiger partial charge is 0.180 e. The first-order valence-electron chi connectivity index (χ1n) is 7.65. The third-order valence-corrected chi connectivity index (χ3v) is 3.63. The van der Waals surface area contributed by atoms with Crippen molar-refractivity contribution in [1.82, 2.24) is 9.97 Å². The number of rotatable bonds is 2. The van der Waals surface area contributed by atoms with Crippen LogP contribution in [0.4, 0.5) is 0 Å². The van der Waals surface area contributed by atoms with Gasteiger partial charge in [-0.1, -0.05) is 23.2 Å². The molecule has 0 saturated carbocycles. The number of oxazole rings is 2. The molecule has 0 atom stereocenters. The summed E-state index contributed by atoms with van der Waals surface area (Å²) in [4.78, 5) is 7.11. The number of hydrogen-bond acceptors (Lipinski definition) is 6. The number of nitrogens with zero attached hydrogens (tertiary/aromatic N) is 2. The molecule has 2 aromatic heterocycles. The third kappa shape index (κ3) is 7.43. The molecule has 27 heavy (non-hydrogen) atoms. The van der Waals surface area contributed by atoms with Crippen molar-refractivity contribution in [3.05, 3.63) is 95.3 Å². The number of phenolic OH excluding ortho intramolecular Hbond substituents is 2. The quantitative estimate of drug-likeness (QED) is 0.466. The predicted octanol–water partition coefficient (Wildman–Crippen LogP) is 5.34. The summed E-state index contributed by atoms with van der Waals surface area (Å²) in [7, 11) is 0. The van der Waals surface area contributed by atoms with Gasteiger partial charge in [-0.2, -0.15) is 0 Å². The molecule has 0 aliphatic heterocycles. The van der Waals surface area contributed by atoms with Gasteiger partial charge < -0.3 is 19.0 Å². The van der Waals surface area contributed by atoms with Crippen molar-refractivity contribution in [3.63, 3.8) is 0 Å². The number of hydrogen-bond donors (Lipinski definition) is 2. The Morgan fingerprint density at radius 3 is 1.48 bits per heavy atom. The van der Waals surface area contributed by atoms with Gasteiger partial charge in [0.1, 0.15) is 24.0 Å². The highest BCUT2D eigenvalue weighted by Crippen LogP contribution is 2.29. The van der Waals surface area contributed by atoms with Crippen LogP contribution in [0.1, 0.15) is 11.1 Å². The molecule has 0 aliphatic carbocycles. The molecule has 0 amide bonds. The molecule has 140 valence electrons. The van der Waals surface area contributed by atoms with E-state index in [1.54, 1.807) is 36.7 Å². The maximum atomic E-state index is 9.68. The Balaban J connectivity index is 0.000000210. The maximum Gasteiger partial charge on any atom is 0.180 e. The summed E-state index contributed by atoms with van der Waals surface area (Å²) >= 11 is 11.7. The van der Waals surface area contributed by atoms with E-state index in [4.69, 9.17) is 23.2 Å². The van der Waals surface area contributed by atoms with Gasteiger partial charge >= 0.3 is 0 Å². The van der Waals surface area contributed by atoms with E-state index in [-0.39, 0.29) is 11.5 Å². The Morgan fingerprint density at radius 1 is 0.741 bits per heavy atom. The van der Waals surface area contributed by atoms with Gasteiger partial charge in [-0.05, 0) is 47.5 Å². The first kappa shape index (κ1) is 20.4. The number of aromatic hydroxyl groups is 2. The minimum Gasteiger partial charge on any atom is -0.508 e. The van der Waals surface area contributed by atoms with Crippen molar-refractivity contribution in [2.45, 2.75) is 6.42 Å². The third-order valence-electron chi connectivity index (χ3n) is 3.16. The highest BCUT2D eigenvalue weighted by Gasteiger charge is 2.07. The monoisotopic (exact) mass is 406 g/mol. The zero-order valence-corrected chi connectivity index (χ0v) is 15.5. The molecule has 0 spiro atoms. The van der Waals surface area contributed by atoms with Crippen molar-refractivity contribution in [2.75, 3.05) is 0 Å². The van der Waals surface area contributed by atoms with Gasteiger partial charge in [0.05, 0.1) is 12.4 Å². The Morgan fingerprint density at radius 2 is 1.19 bits per heavy atom. The first-order valence-corrected chi connectivity index (χ1v) is 8.41. The highest BCUT2D eigenvalue weighted by atomic mass is 35.5. The normalized spacial score (nSPS) is 9.56. The standard InChI is InChI=1S/C13H10Cl2O2.2C3H3NO/c14-10-1-3-12(16)8(6-10)5-9-7-11(15)2-4-13(9)17;2*1-2-5-3-4-1/h1-4,6-7,16-17H,5H2;2*1-3H. The molecule has 0 unspecified atom stereocenters. The van der Waals surface area contributed by atoms with Gasteiger partial charge in [-0.3, -0.25) is 0 Å². The molecule has 2 aromatic carbocycles. The fourth-order valence-corrected chi connectivity index (χ4v) is 2.34. The molecule has 0 fully saturated rings. The summed E-state index contributed by atoms with van der Waals surface area (Å²) in [6.45, 7) is 0. The second-order valence-corrected chi connectivity index (χ2v) is 5.95. The summed E-state index contributed by atoms with van der Waals surface area (Å²) in [5.74, 6) is 0.294. The van der Waals surface area contributed by atoms with Crippen LogP contribution in [-0.2, 0) is 6.42 Å². The second kappa shape index (κ2) is 10.9. The predicted molar refractivity (Wildman–Crippen MR) is 102 cm³/mol. The lowest BCUT2D eigenvalue weighted by Crippen LogP contribution is -1.90. The SMILES string of the molecule is Oc1ccc(Cl)cc1Cc1cc(Cl)ccc1O.c1cocn1.c1cocn1. The largest absolute Gasteiger partial charge is 0.508 e. The van der Waals surface area contributed by atoms with Crippen LogP contribution in [0.15, 0.2) is 82.9 Å². The van der Waals surface area contributed by atoms with E-state index in [1.807, 2.05) is 0 Å². The molecule has 0 bridgehead atoms. The molecule has 4 aromatic rings. The molecule has 0 radical (unpaired) electrons. The average molecular weight is 407 g/mol. The van der Waals surface area contributed by atoms with Crippen LogP contribution in [0.5, 0.6) is 11.5 Å². The van der Waals surface area contributed by atoms with Crippen LogP contribution in [0.25, 0.3) is 0 Å². The molecule has 6 nitrogen and oxygen atoms in total. The van der Waals surface area contributed by atoms with E-state index >= 15 is 0 Å². The summed E-state index contributed by atoms with van der Waals surface area (Å²) < 4.78 is 8.94. The van der Waals surface area contributed by atoms with Crippen molar-refractivity contribution >= 4 is 23.2 Å². The topological polar surface area (TPSA) is 92.5 Å². The fourth-order valence-electron chi connectivity index (χ4n) is 1.95. The molecule has 8 heteroatoms. The minimum atomic E-state index is 0.147. The molecular weight excluding hydrogens is 391 g/mol. The molecule has 2 heterocycles. The molecule has 0 saturated heterocycles. The van der Waals surface area contributed by atoms with Gasteiger partial charge in [0.25, 0.3) is 0 Å². The van der Waals surface area contributed by atoms with E-state index in [2.05, 4.69) is 18.8 Å². The van der Waals surface area contributed by atoms with Crippen LogP contribution in [0, 0.1) is 0 Å². The molecule has 0 aliphatic rings. The van der Waals surface area contributed by atoms with Crippen molar-refractivity contribution < 1.29 is 19.0 Å². The summed E-state index contributed by atoms with van der Waals surface area (Å²) in [5.41, 5.74) is 1.30. The van der Waals surface area contributed by atoms with Crippen LogP contribution >= 0.6 is 23.2 Å². The van der Waals surface area contributed by atoms with Crippen LogP contribution in [-0.4, -0.2) is 20.2 Å². The first-order chi connectivity index (χ1) is 13.1. The number of aromatic nitrogens is 2. The number of phenols is 2. The number of benzene rings is 2.